The van der Waals surface area contributed by atoms with Crippen LogP contribution in [0.5, 0.6) is 11.5 Å². The number of rotatable bonds is 7. The van der Waals surface area contributed by atoms with Gasteiger partial charge in [0.25, 0.3) is 11.8 Å². The molecule has 0 bridgehead atoms. The van der Waals surface area contributed by atoms with Gasteiger partial charge in [0.15, 0.2) is 11.5 Å². The molecule has 2 amide bonds. The third-order valence-electron chi connectivity index (χ3n) is 4.67. The van der Waals surface area contributed by atoms with E-state index in [1.165, 1.54) is 23.8 Å². The first kappa shape index (κ1) is 19.8. The van der Waals surface area contributed by atoms with Gasteiger partial charge in [0, 0.05) is 0 Å². The smallest absolute Gasteiger partial charge is 0.272 e. The summed E-state index contributed by atoms with van der Waals surface area (Å²) in [5.74, 6) is 1.45. The van der Waals surface area contributed by atoms with Gasteiger partial charge in [-0.3, -0.25) is 9.59 Å². The standard InChI is InChI=1S/C23H19NO5S/c1-27-18-11-10-15(13-19(18)28-2)20-21(30-14-17-9-6-12-29-17)23(26)24(22(20)25)16-7-4-3-5-8-16/h3-13H,14H2,1-2H3. The van der Waals surface area contributed by atoms with Crippen LogP contribution in [0.15, 0.2) is 76.2 Å². The van der Waals surface area contributed by atoms with Crippen LogP contribution >= 0.6 is 11.8 Å². The number of carbonyl (C=O) groups excluding carboxylic acids is 2. The van der Waals surface area contributed by atoms with E-state index in [0.29, 0.717) is 39.0 Å². The van der Waals surface area contributed by atoms with Crippen molar-refractivity contribution in [3.63, 3.8) is 0 Å². The summed E-state index contributed by atoms with van der Waals surface area (Å²) in [7, 11) is 3.07. The molecule has 3 aromatic rings. The topological polar surface area (TPSA) is 69.0 Å². The average Bonchev–Trinajstić information content (AvgIpc) is 3.38. The van der Waals surface area contributed by atoms with Gasteiger partial charge in [-0.15, -0.1) is 11.8 Å². The van der Waals surface area contributed by atoms with Gasteiger partial charge in [-0.1, -0.05) is 24.3 Å². The predicted molar refractivity (Wildman–Crippen MR) is 115 cm³/mol. The van der Waals surface area contributed by atoms with Gasteiger partial charge in [0.1, 0.15) is 5.76 Å². The Bertz CT molecular complexity index is 1110. The fourth-order valence-electron chi connectivity index (χ4n) is 3.24. The predicted octanol–water partition coefficient (Wildman–Crippen LogP) is 4.51. The highest BCUT2D eigenvalue weighted by Gasteiger charge is 2.40. The van der Waals surface area contributed by atoms with Crippen LogP contribution in [0.2, 0.25) is 0 Å². The molecule has 1 aromatic heterocycles. The lowest BCUT2D eigenvalue weighted by Gasteiger charge is -2.15. The molecule has 2 aromatic carbocycles. The average molecular weight is 421 g/mol. The van der Waals surface area contributed by atoms with E-state index in [9.17, 15) is 9.59 Å². The molecule has 0 fully saturated rings. The second kappa shape index (κ2) is 8.51. The Labute approximate surface area is 178 Å². The monoisotopic (exact) mass is 421 g/mol. The molecule has 0 saturated carbocycles. The zero-order valence-electron chi connectivity index (χ0n) is 16.5. The van der Waals surface area contributed by atoms with Gasteiger partial charge >= 0.3 is 0 Å². The largest absolute Gasteiger partial charge is 0.493 e. The summed E-state index contributed by atoms with van der Waals surface area (Å²) < 4.78 is 16.1. The van der Waals surface area contributed by atoms with Gasteiger partial charge in [-0.2, -0.15) is 0 Å². The van der Waals surface area contributed by atoms with E-state index in [2.05, 4.69) is 0 Å². The highest BCUT2D eigenvalue weighted by molar-refractivity contribution is 8.03. The Balaban J connectivity index is 1.78. The Morgan fingerprint density at radius 1 is 0.900 bits per heavy atom. The second-order valence-electron chi connectivity index (χ2n) is 6.42. The van der Waals surface area contributed by atoms with Crippen LogP contribution in [0.3, 0.4) is 0 Å². The minimum atomic E-state index is -0.375. The molecule has 0 saturated heterocycles. The third kappa shape index (κ3) is 3.59. The Morgan fingerprint density at radius 2 is 1.67 bits per heavy atom. The molecule has 1 aliphatic heterocycles. The van der Waals surface area contributed by atoms with Crippen molar-refractivity contribution in [2.75, 3.05) is 19.1 Å². The van der Waals surface area contributed by atoms with Crippen molar-refractivity contribution < 1.29 is 23.5 Å². The molecule has 0 unspecified atom stereocenters. The summed E-state index contributed by atoms with van der Waals surface area (Å²) in [6, 6.07) is 17.7. The lowest BCUT2D eigenvalue weighted by molar-refractivity contribution is -0.119. The van der Waals surface area contributed by atoms with Gasteiger partial charge in [-0.05, 0) is 42.0 Å². The number of methoxy groups -OCH3 is 2. The molecule has 0 spiro atoms. The molecule has 0 radical (unpaired) electrons. The quantitative estimate of drug-likeness (QED) is 0.523. The van der Waals surface area contributed by atoms with Crippen molar-refractivity contribution in [2.45, 2.75) is 5.75 Å². The van der Waals surface area contributed by atoms with Crippen LogP contribution in [0.25, 0.3) is 5.57 Å². The molecule has 0 atom stereocenters. The number of anilines is 1. The summed E-state index contributed by atoms with van der Waals surface area (Å²) in [4.78, 5) is 28.2. The van der Waals surface area contributed by atoms with E-state index < -0.39 is 0 Å². The molecule has 2 heterocycles. The number of furan rings is 1. The van der Waals surface area contributed by atoms with Gasteiger partial charge < -0.3 is 13.9 Å². The first-order chi connectivity index (χ1) is 14.6. The minimum absolute atomic E-state index is 0.335. The Morgan fingerprint density at radius 3 is 2.33 bits per heavy atom. The van der Waals surface area contributed by atoms with E-state index in [1.807, 2.05) is 12.1 Å². The maximum atomic E-state index is 13.4. The van der Waals surface area contributed by atoms with Crippen molar-refractivity contribution in [1.82, 2.24) is 0 Å². The Kier molecular flexibility index (Phi) is 5.63. The molecule has 1 aliphatic rings. The molecule has 6 nitrogen and oxygen atoms in total. The maximum absolute atomic E-state index is 13.4. The van der Waals surface area contributed by atoms with Crippen LogP contribution in [-0.4, -0.2) is 26.0 Å². The maximum Gasteiger partial charge on any atom is 0.272 e. The van der Waals surface area contributed by atoms with Crippen molar-refractivity contribution >= 4 is 34.8 Å². The normalized spacial score (nSPS) is 13.9. The molecular weight excluding hydrogens is 402 g/mol. The number of carbonyl (C=O) groups is 2. The van der Waals surface area contributed by atoms with E-state index in [1.54, 1.807) is 61.9 Å². The van der Waals surface area contributed by atoms with Gasteiger partial charge in [0.2, 0.25) is 0 Å². The Hall–Kier alpha value is -3.45. The number of imide groups is 1. The van der Waals surface area contributed by atoms with E-state index in [0.717, 1.165) is 5.76 Å². The van der Waals surface area contributed by atoms with Crippen LogP contribution < -0.4 is 14.4 Å². The van der Waals surface area contributed by atoms with Gasteiger partial charge in [0.05, 0.1) is 42.4 Å². The molecular formula is C23H19NO5S. The number of thioether (sulfide) groups is 1. The number of para-hydroxylation sites is 1. The second-order valence-corrected chi connectivity index (χ2v) is 7.41. The highest BCUT2D eigenvalue weighted by atomic mass is 32.2. The van der Waals surface area contributed by atoms with Crippen LogP contribution in [0, 0.1) is 0 Å². The number of benzene rings is 2. The zero-order chi connectivity index (χ0) is 21.1. The number of hydrogen-bond donors (Lipinski definition) is 0. The van der Waals surface area contributed by atoms with Crippen molar-refractivity contribution in [1.29, 1.82) is 0 Å². The summed E-state index contributed by atoms with van der Waals surface area (Å²) in [5, 5.41) is 0. The summed E-state index contributed by atoms with van der Waals surface area (Å²) in [5.41, 5.74) is 1.45. The summed E-state index contributed by atoms with van der Waals surface area (Å²) >= 11 is 1.28. The van der Waals surface area contributed by atoms with Crippen LogP contribution in [0.4, 0.5) is 5.69 Å². The van der Waals surface area contributed by atoms with Crippen LogP contribution in [0.1, 0.15) is 11.3 Å². The van der Waals surface area contributed by atoms with E-state index in [4.69, 9.17) is 13.9 Å². The number of amides is 2. The van der Waals surface area contributed by atoms with Crippen molar-refractivity contribution in [2.24, 2.45) is 0 Å². The number of ether oxygens (including phenoxy) is 2. The minimum Gasteiger partial charge on any atom is -0.493 e. The molecule has 7 heteroatoms. The number of nitrogens with zero attached hydrogens (tertiary/aromatic N) is 1. The fourth-order valence-corrected chi connectivity index (χ4v) is 4.25. The molecule has 0 N–H and O–H groups in total. The van der Waals surface area contributed by atoms with Crippen molar-refractivity contribution in [3.8, 4) is 11.5 Å². The van der Waals surface area contributed by atoms with Gasteiger partial charge in [-0.25, -0.2) is 4.90 Å². The lowest BCUT2D eigenvalue weighted by Crippen LogP contribution is -2.31. The van der Waals surface area contributed by atoms with E-state index in [-0.39, 0.29) is 11.8 Å². The van der Waals surface area contributed by atoms with Crippen molar-refractivity contribution in [3.05, 3.63) is 83.2 Å². The third-order valence-corrected chi connectivity index (χ3v) is 5.76. The highest BCUT2D eigenvalue weighted by Crippen LogP contribution is 2.41. The zero-order valence-corrected chi connectivity index (χ0v) is 17.3. The number of hydrogen-bond acceptors (Lipinski definition) is 6. The molecule has 4 rings (SSSR count). The first-order valence-electron chi connectivity index (χ1n) is 9.19. The first-order valence-corrected chi connectivity index (χ1v) is 10.2. The SMILES string of the molecule is COc1ccc(C2=C(SCc3ccco3)C(=O)N(c3ccccc3)C2=O)cc1OC. The molecule has 0 aliphatic carbocycles. The van der Waals surface area contributed by atoms with E-state index >= 15 is 0 Å². The summed E-state index contributed by atoms with van der Waals surface area (Å²) in [6.07, 6.45) is 1.58. The molecule has 152 valence electrons. The summed E-state index contributed by atoms with van der Waals surface area (Å²) in [6.45, 7) is 0. The molecule has 30 heavy (non-hydrogen) atoms. The lowest BCUT2D eigenvalue weighted by atomic mass is 10.1. The van der Waals surface area contributed by atoms with Crippen LogP contribution in [-0.2, 0) is 15.3 Å². The fraction of sp³-hybridized carbons (Fsp3) is 0.130.